The van der Waals surface area contributed by atoms with E-state index in [0.29, 0.717) is 6.54 Å². The number of nitrogens with one attached hydrogen (secondary N) is 2. The molecule has 2 amide bonds. The van der Waals surface area contributed by atoms with Crippen LogP contribution in [0.2, 0.25) is 0 Å². The fraction of sp³-hybridized carbons (Fsp3) is 0.381. The number of urea groups is 1. The van der Waals surface area contributed by atoms with Crippen LogP contribution in [-0.4, -0.2) is 50.4 Å². The quantitative estimate of drug-likeness (QED) is 0.663. The Morgan fingerprint density at radius 1 is 1.03 bits per heavy atom. The molecule has 0 radical (unpaired) electrons. The number of carbonyl (C=O) groups is 1. The zero-order chi connectivity index (χ0) is 20.5. The summed E-state index contributed by atoms with van der Waals surface area (Å²) < 4.78 is 36.7. The van der Waals surface area contributed by atoms with Crippen LogP contribution in [-0.2, 0) is 17.8 Å². The van der Waals surface area contributed by atoms with E-state index in [1.54, 1.807) is 0 Å². The highest BCUT2D eigenvalue weighted by Gasteiger charge is 2.13. The first kappa shape index (κ1) is 21.0. The second kappa shape index (κ2) is 10.7. The molecular weight excluding hydrogens is 380 g/mol. The molecule has 29 heavy (non-hydrogen) atoms. The molecule has 1 fully saturated rings. The molecule has 0 spiro atoms. The highest BCUT2D eigenvalue weighted by molar-refractivity contribution is 5.73. The van der Waals surface area contributed by atoms with Crippen LogP contribution in [0.3, 0.4) is 0 Å². The van der Waals surface area contributed by atoms with Crippen LogP contribution in [0.1, 0.15) is 11.1 Å². The highest BCUT2D eigenvalue weighted by Crippen LogP contribution is 2.15. The summed E-state index contributed by atoms with van der Waals surface area (Å²) in [6.45, 7) is 4.92. The second-order valence-electron chi connectivity index (χ2n) is 6.69. The summed E-state index contributed by atoms with van der Waals surface area (Å²) >= 11 is 0. The number of halogens is 2. The first-order valence-corrected chi connectivity index (χ1v) is 9.58. The van der Waals surface area contributed by atoms with Crippen LogP contribution in [0.25, 0.3) is 0 Å². The molecule has 2 N–H and O–H groups in total. The van der Waals surface area contributed by atoms with Crippen LogP contribution in [0.15, 0.2) is 42.5 Å². The molecule has 6 nitrogen and oxygen atoms in total. The minimum Gasteiger partial charge on any atom is -0.492 e. The maximum atomic E-state index is 13.1. The van der Waals surface area contributed by atoms with Gasteiger partial charge in [0.15, 0.2) is 11.6 Å². The smallest absolute Gasteiger partial charge is 0.315 e. The van der Waals surface area contributed by atoms with Crippen LogP contribution >= 0.6 is 0 Å². The number of ether oxygens (including phenoxy) is 2. The van der Waals surface area contributed by atoms with Gasteiger partial charge in [0.25, 0.3) is 0 Å². The third kappa shape index (κ3) is 6.69. The third-order valence-corrected chi connectivity index (χ3v) is 4.60. The van der Waals surface area contributed by atoms with E-state index in [0.717, 1.165) is 50.5 Å². The molecule has 2 aromatic rings. The van der Waals surface area contributed by atoms with Crippen molar-refractivity contribution in [2.24, 2.45) is 0 Å². The summed E-state index contributed by atoms with van der Waals surface area (Å²) in [5.41, 5.74) is 2.24. The summed E-state index contributed by atoms with van der Waals surface area (Å²) in [5, 5.41) is 5.51. The van der Waals surface area contributed by atoms with Crippen molar-refractivity contribution in [3.05, 3.63) is 65.2 Å². The largest absolute Gasteiger partial charge is 0.492 e. The lowest BCUT2D eigenvalue weighted by atomic mass is 10.1. The Bertz CT molecular complexity index is 814. The van der Waals surface area contributed by atoms with E-state index >= 15 is 0 Å². The Kier molecular flexibility index (Phi) is 7.77. The molecule has 8 heteroatoms. The monoisotopic (exact) mass is 405 g/mol. The van der Waals surface area contributed by atoms with Gasteiger partial charge in [-0.25, -0.2) is 13.6 Å². The van der Waals surface area contributed by atoms with Crippen molar-refractivity contribution in [3.63, 3.8) is 0 Å². The van der Waals surface area contributed by atoms with Gasteiger partial charge in [-0.2, -0.15) is 0 Å². The van der Waals surface area contributed by atoms with E-state index in [4.69, 9.17) is 9.47 Å². The van der Waals surface area contributed by atoms with Gasteiger partial charge in [0.05, 0.1) is 19.8 Å². The van der Waals surface area contributed by atoms with Crippen LogP contribution in [0, 0.1) is 11.6 Å². The number of carbonyl (C=O) groups excluding carboxylic acids is 1. The molecule has 0 unspecified atom stereocenters. The van der Waals surface area contributed by atoms with Crippen molar-refractivity contribution in [2.75, 3.05) is 39.5 Å². The third-order valence-electron chi connectivity index (χ3n) is 4.60. The summed E-state index contributed by atoms with van der Waals surface area (Å²) in [4.78, 5) is 14.3. The van der Waals surface area contributed by atoms with Crippen molar-refractivity contribution >= 4 is 6.03 Å². The summed E-state index contributed by atoms with van der Waals surface area (Å²) in [6.07, 6.45) is 0. The van der Waals surface area contributed by atoms with Crippen LogP contribution < -0.4 is 15.4 Å². The molecule has 3 rings (SSSR count). The minimum absolute atomic E-state index is 0.145. The fourth-order valence-corrected chi connectivity index (χ4v) is 3.02. The average molecular weight is 405 g/mol. The van der Waals surface area contributed by atoms with Gasteiger partial charge in [-0.1, -0.05) is 24.3 Å². The van der Waals surface area contributed by atoms with E-state index in [1.807, 2.05) is 18.2 Å². The van der Waals surface area contributed by atoms with Crippen molar-refractivity contribution in [3.8, 4) is 5.75 Å². The molecule has 0 bridgehead atoms. The zero-order valence-corrected chi connectivity index (χ0v) is 16.1. The fourth-order valence-electron chi connectivity index (χ4n) is 3.02. The van der Waals surface area contributed by atoms with Gasteiger partial charge < -0.3 is 20.1 Å². The molecule has 0 aliphatic carbocycles. The Labute approximate surface area is 168 Å². The van der Waals surface area contributed by atoms with Gasteiger partial charge >= 0.3 is 6.03 Å². The van der Waals surface area contributed by atoms with Gasteiger partial charge in [0, 0.05) is 32.2 Å². The molecule has 1 aliphatic rings. The zero-order valence-electron chi connectivity index (χ0n) is 16.1. The van der Waals surface area contributed by atoms with Gasteiger partial charge in [-0.05, 0) is 23.3 Å². The molecule has 0 saturated carbocycles. The standard InChI is InChI=1S/C21H25F2N3O3/c22-19-6-5-18(13-20(19)23)29-10-7-24-21(27)25-14-16-3-1-2-4-17(16)15-26-8-11-28-12-9-26/h1-6,13H,7-12,14-15H2,(H2,24,25,27). The lowest BCUT2D eigenvalue weighted by Crippen LogP contribution is -2.38. The Balaban J connectivity index is 1.39. The predicted molar refractivity (Wildman–Crippen MR) is 105 cm³/mol. The molecule has 0 aromatic heterocycles. The average Bonchev–Trinajstić information content (AvgIpc) is 2.74. The number of hydrogen-bond acceptors (Lipinski definition) is 4. The Hall–Kier alpha value is -2.71. The normalized spacial score (nSPS) is 14.4. The molecule has 0 atom stereocenters. The predicted octanol–water partition coefficient (Wildman–Crippen LogP) is 2.68. The molecule has 1 saturated heterocycles. The van der Waals surface area contributed by atoms with Gasteiger partial charge in [0.1, 0.15) is 12.4 Å². The molecule has 156 valence electrons. The maximum absolute atomic E-state index is 13.1. The van der Waals surface area contributed by atoms with Crippen LogP contribution in [0.4, 0.5) is 13.6 Å². The second-order valence-corrected chi connectivity index (χ2v) is 6.69. The molecule has 2 aromatic carbocycles. The van der Waals surface area contributed by atoms with E-state index in [-0.39, 0.29) is 24.9 Å². The Morgan fingerprint density at radius 2 is 1.79 bits per heavy atom. The topological polar surface area (TPSA) is 62.8 Å². The van der Waals surface area contributed by atoms with E-state index in [1.165, 1.54) is 11.6 Å². The van der Waals surface area contributed by atoms with Crippen LogP contribution in [0.5, 0.6) is 5.75 Å². The van der Waals surface area contributed by atoms with E-state index in [9.17, 15) is 13.6 Å². The van der Waals surface area contributed by atoms with E-state index < -0.39 is 11.6 Å². The van der Waals surface area contributed by atoms with Crippen molar-refractivity contribution in [2.45, 2.75) is 13.1 Å². The van der Waals surface area contributed by atoms with E-state index in [2.05, 4.69) is 21.6 Å². The first-order valence-electron chi connectivity index (χ1n) is 9.58. The SMILES string of the molecule is O=C(NCCOc1ccc(F)c(F)c1)NCc1ccccc1CN1CCOCC1. The number of nitrogens with zero attached hydrogens (tertiary/aromatic N) is 1. The molecule has 1 heterocycles. The van der Waals surface area contributed by atoms with Gasteiger partial charge in [-0.3, -0.25) is 4.90 Å². The summed E-state index contributed by atoms with van der Waals surface area (Å²) in [7, 11) is 0. The first-order chi connectivity index (χ1) is 14.1. The van der Waals surface area contributed by atoms with Crippen molar-refractivity contribution < 1.29 is 23.0 Å². The maximum Gasteiger partial charge on any atom is 0.315 e. The number of hydrogen-bond donors (Lipinski definition) is 2. The summed E-state index contributed by atoms with van der Waals surface area (Å²) in [5.74, 6) is -1.68. The number of morpholine rings is 1. The van der Waals surface area contributed by atoms with Gasteiger partial charge in [0.2, 0.25) is 0 Å². The molecular formula is C21H25F2N3O3. The molecule has 1 aliphatic heterocycles. The van der Waals surface area contributed by atoms with Crippen molar-refractivity contribution in [1.29, 1.82) is 0 Å². The number of rotatable bonds is 8. The van der Waals surface area contributed by atoms with Crippen molar-refractivity contribution in [1.82, 2.24) is 15.5 Å². The lowest BCUT2D eigenvalue weighted by Gasteiger charge is -2.27. The number of benzene rings is 2. The minimum atomic E-state index is -0.969. The number of amides is 2. The Morgan fingerprint density at radius 3 is 2.55 bits per heavy atom. The highest BCUT2D eigenvalue weighted by atomic mass is 19.2. The lowest BCUT2D eigenvalue weighted by molar-refractivity contribution is 0.0341. The summed E-state index contributed by atoms with van der Waals surface area (Å²) in [6, 6.07) is 11.0. The van der Waals surface area contributed by atoms with Gasteiger partial charge in [-0.15, -0.1) is 0 Å².